The molecule has 2 N–H and O–H groups in total. The normalized spacial score (nSPS) is 28.0. The number of aliphatic hydroxyl groups excluding tert-OH is 1. The minimum atomic E-state index is -0.910. The molecule has 2 unspecified atom stereocenters. The summed E-state index contributed by atoms with van der Waals surface area (Å²) < 4.78 is 52.6. The minimum absolute atomic E-state index is 0.0246. The first-order chi connectivity index (χ1) is 21.7. The molecular weight excluding hydrogens is 581 g/mol. The van der Waals surface area contributed by atoms with Crippen molar-refractivity contribution in [1.29, 1.82) is 0 Å². The van der Waals surface area contributed by atoms with E-state index in [1.807, 2.05) is 6.92 Å². The number of aromatic hydroxyl groups is 1. The number of aromatic nitrogens is 2. The molecular formula is C35H37F3N4O3. The number of hydrogen-bond acceptors (Lipinski definition) is 7. The van der Waals surface area contributed by atoms with Crippen LogP contribution < -0.4 is 9.64 Å². The van der Waals surface area contributed by atoms with Gasteiger partial charge in [-0.15, -0.1) is 0 Å². The number of phenolic OH excluding ortho intramolecular Hbond substituents is 1. The molecule has 1 aliphatic carbocycles. The number of rotatable bonds is 6. The topological polar surface area (TPSA) is 82.0 Å². The van der Waals surface area contributed by atoms with E-state index in [4.69, 9.17) is 9.72 Å². The zero-order valence-corrected chi connectivity index (χ0v) is 25.3. The molecule has 0 radical (unpaired) electrons. The largest absolute Gasteiger partial charge is 0.508 e. The van der Waals surface area contributed by atoms with Crippen LogP contribution in [-0.4, -0.2) is 75.7 Å². The summed E-state index contributed by atoms with van der Waals surface area (Å²) in [6.07, 6.45) is 3.15. The van der Waals surface area contributed by atoms with E-state index in [9.17, 15) is 19.0 Å². The second kappa shape index (κ2) is 10.7. The minimum Gasteiger partial charge on any atom is -0.508 e. The third-order valence-corrected chi connectivity index (χ3v) is 10.9. The molecule has 4 aromatic rings. The van der Waals surface area contributed by atoms with Crippen LogP contribution in [0.3, 0.4) is 0 Å². The Balaban J connectivity index is 1.27. The molecule has 1 saturated carbocycles. The van der Waals surface area contributed by atoms with Crippen molar-refractivity contribution in [2.24, 2.45) is 11.8 Å². The number of aryl methyl sites for hydroxylation is 1. The third kappa shape index (κ3) is 4.62. The van der Waals surface area contributed by atoms with Gasteiger partial charge in [0, 0.05) is 48.8 Å². The maximum absolute atomic E-state index is 16.9. The first kappa shape index (κ1) is 28.8. The average Bonchev–Trinajstić information content (AvgIpc) is 3.60. The zero-order chi connectivity index (χ0) is 31.0. The number of halogens is 3. The van der Waals surface area contributed by atoms with Crippen molar-refractivity contribution in [3.8, 4) is 22.9 Å². The summed E-state index contributed by atoms with van der Waals surface area (Å²) in [4.78, 5) is 13.7. The molecule has 3 aromatic carbocycles. The molecule has 3 saturated heterocycles. The van der Waals surface area contributed by atoms with Gasteiger partial charge in [-0.3, -0.25) is 4.90 Å². The number of benzene rings is 3. The summed E-state index contributed by atoms with van der Waals surface area (Å²) >= 11 is 0. The van der Waals surface area contributed by atoms with Gasteiger partial charge in [0.25, 0.3) is 0 Å². The Hall–Kier alpha value is -3.63. The molecule has 10 heteroatoms. The van der Waals surface area contributed by atoms with Crippen LogP contribution in [0.2, 0.25) is 0 Å². The Morgan fingerprint density at radius 1 is 1.02 bits per heavy atom. The Kier molecular flexibility index (Phi) is 6.87. The molecule has 45 heavy (non-hydrogen) atoms. The van der Waals surface area contributed by atoms with Gasteiger partial charge < -0.3 is 19.8 Å². The lowest BCUT2D eigenvalue weighted by Gasteiger charge is -2.36. The second-order valence-electron chi connectivity index (χ2n) is 13.5. The number of alkyl halides is 1. The first-order valence-electron chi connectivity index (χ1n) is 16.1. The predicted octanol–water partition coefficient (Wildman–Crippen LogP) is 6.16. The van der Waals surface area contributed by atoms with Gasteiger partial charge in [-0.2, -0.15) is 9.97 Å². The molecule has 4 aliphatic rings. The molecule has 236 valence electrons. The number of hydrogen-bond donors (Lipinski definition) is 2. The van der Waals surface area contributed by atoms with Gasteiger partial charge >= 0.3 is 6.01 Å². The highest BCUT2D eigenvalue weighted by Gasteiger charge is 2.49. The summed E-state index contributed by atoms with van der Waals surface area (Å²) in [7, 11) is 0. The van der Waals surface area contributed by atoms with E-state index in [0.717, 1.165) is 32.2 Å². The van der Waals surface area contributed by atoms with Crippen molar-refractivity contribution in [3.05, 3.63) is 53.6 Å². The van der Waals surface area contributed by atoms with Gasteiger partial charge in [0.15, 0.2) is 5.82 Å². The molecule has 3 aliphatic heterocycles. The maximum Gasteiger partial charge on any atom is 0.319 e. The van der Waals surface area contributed by atoms with E-state index in [2.05, 4.69) is 14.8 Å². The van der Waals surface area contributed by atoms with Crippen LogP contribution >= 0.6 is 0 Å². The predicted molar refractivity (Wildman–Crippen MR) is 166 cm³/mol. The number of phenols is 1. The zero-order valence-electron chi connectivity index (χ0n) is 25.3. The van der Waals surface area contributed by atoms with Gasteiger partial charge in [0.1, 0.15) is 35.7 Å². The fraction of sp³-hybridized carbons (Fsp3) is 0.486. The summed E-state index contributed by atoms with van der Waals surface area (Å²) in [5, 5.41) is 23.0. The smallest absolute Gasteiger partial charge is 0.319 e. The van der Waals surface area contributed by atoms with Crippen LogP contribution in [0, 0.1) is 23.5 Å². The van der Waals surface area contributed by atoms with Gasteiger partial charge in [0.2, 0.25) is 0 Å². The molecule has 4 heterocycles. The monoisotopic (exact) mass is 618 g/mol. The molecule has 4 atom stereocenters. The van der Waals surface area contributed by atoms with Crippen LogP contribution in [0.25, 0.3) is 32.8 Å². The Morgan fingerprint density at radius 2 is 1.82 bits per heavy atom. The first-order valence-corrected chi connectivity index (χ1v) is 16.1. The molecule has 7 nitrogen and oxygen atoms in total. The van der Waals surface area contributed by atoms with Crippen molar-refractivity contribution in [3.63, 3.8) is 0 Å². The second-order valence-corrected chi connectivity index (χ2v) is 13.5. The molecule has 2 bridgehead atoms. The number of fused-ring (bicyclic) bond motifs is 5. The molecule has 1 aromatic heterocycles. The van der Waals surface area contributed by atoms with E-state index in [0.29, 0.717) is 65.6 Å². The van der Waals surface area contributed by atoms with E-state index in [-0.39, 0.29) is 53.2 Å². The van der Waals surface area contributed by atoms with Gasteiger partial charge in [0.05, 0.1) is 11.6 Å². The van der Waals surface area contributed by atoms with Gasteiger partial charge in [-0.25, -0.2) is 13.2 Å². The lowest BCUT2D eigenvalue weighted by molar-refractivity contribution is 0.0790. The van der Waals surface area contributed by atoms with Crippen LogP contribution in [0.5, 0.6) is 11.8 Å². The summed E-state index contributed by atoms with van der Waals surface area (Å²) in [6.45, 7) is 4.44. The Labute approximate surface area is 259 Å². The fourth-order valence-corrected chi connectivity index (χ4v) is 8.71. The van der Waals surface area contributed by atoms with Crippen molar-refractivity contribution in [1.82, 2.24) is 14.9 Å². The number of anilines is 1. The van der Waals surface area contributed by atoms with Crippen molar-refractivity contribution in [2.75, 3.05) is 37.7 Å². The number of ether oxygens (including phenoxy) is 1. The highest BCUT2D eigenvalue weighted by Crippen LogP contribution is 2.44. The van der Waals surface area contributed by atoms with E-state index < -0.39 is 17.5 Å². The number of nitrogens with zero attached hydrogens (tertiary/aromatic N) is 4. The fourth-order valence-electron chi connectivity index (χ4n) is 8.71. The van der Waals surface area contributed by atoms with E-state index in [1.54, 1.807) is 24.3 Å². The highest BCUT2D eigenvalue weighted by atomic mass is 19.1. The third-order valence-electron chi connectivity index (χ3n) is 10.9. The Bertz CT molecular complexity index is 1810. The quantitative estimate of drug-likeness (QED) is 0.268. The van der Waals surface area contributed by atoms with E-state index in [1.165, 1.54) is 12.1 Å². The van der Waals surface area contributed by atoms with Gasteiger partial charge in [-0.05, 0) is 84.8 Å². The summed E-state index contributed by atoms with van der Waals surface area (Å²) in [6, 6.07) is 9.43. The molecule has 0 spiro atoms. The molecule has 8 rings (SSSR count). The van der Waals surface area contributed by atoms with Crippen LogP contribution in [0.4, 0.5) is 19.0 Å². The maximum atomic E-state index is 16.9. The summed E-state index contributed by atoms with van der Waals surface area (Å²) in [5.41, 5.74) is 0.647. The molecule has 4 fully saturated rings. The Morgan fingerprint density at radius 3 is 2.60 bits per heavy atom. The van der Waals surface area contributed by atoms with Crippen molar-refractivity contribution in [2.45, 2.75) is 63.3 Å². The van der Waals surface area contributed by atoms with Crippen LogP contribution in [0.15, 0.2) is 36.4 Å². The van der Waals surface area contributed by atoms with Crippen molar-refractivity contribution < 1.29 is 28.1 Å². The van der Waals surface area contributed by atoms with E-state index >= 15 is 4.39 Å². The van der Waals surface area contributed by atoms with Gasteiger partial charge in [-0.1, -0.05) is 19.1 Å². The molecule has 0 amide bonds. The standard InChI is InChI=1S/C35H37F3N4O3/c1-2-24-28(37)9-6-19-12-23(43)13-27(29(19)24)25-7-8-26-31(30(25)38)39-34(45-18-35-10-3-11-42(35)17-22(36)14-35)40-33(26)41-15-20-4-5-21(16-41)32(20)44/h6-9,12-13,20-22,32,43-44H,2-5,10-11,14-18H2,1H3/t20?,21?,22-,32?,35+/m1/s1. The SMILES string of the molecule is CCc1c(F)ccc2cc(O)cc(-c3ccc4c(N5CC6CCC(C5)C6O)nc(OC[C@@]56CCCN5C[C@H](F)C6)nc4c3F)c12. The van der Waals surface area contributed by atoms with Crippen molar-refractivity contribution >= 4 is 27.5 Å². The average molecular weight is 619 g/mol. The highest BCUT2D eigenvalue weighted by molar-refractivity contribution is 6.03. The number of piperidine rings is 1. The van der Waals surface area contributed by atoms with Crippen LogP contribution in [-0.2, 0) is 6.42 Å². The van der Waals surface area contributed by atoms with Crippen LogP contribution in [0.1, 0.15) is 44.6 Å². The summed E-state index contributed by atoms with van der Waals surface area (Å²) in [5.74, 6) is -0.305. The number of aliphatic hydroxyl groups is 1. The lowest BCUT2D eigenvalue weighted by atomic mass is 9.92. The lowest BCUT2D eigenvalue weighted by Crippen LogP contribution is -2.45.